The Labute approximate surface area is 128 Å². The first-order valence-electron chi connectivity index (χ1n) is 7.11. The Hall–Kier alpha value is -1.13. The van der Waals surface area contributed by atoms with E-state index < -0.39 is 0 Å². The van der Waals surface area contributed by atoms with Crippen LogP contribution < -0.4 is 0 Å². The second-order valence-electron chi connectivity index (χ2n) is 4.95. The van der Waals surface area contributed by atoms with Crippen molar-refractivity contribution < 1.29 is 5.11 Å². The second kappa shape index (κ2) is 7.04. The molecule has 20 heavy (non-hydrogen) atoms. The van der Waals surface area contributed by atoms with Crippen molar-refractivity contribution in [3.63, 3.8) is 0 Å². The number of hydrogen-bond acceptors (Lipinski definition) is 2. The number of aryl methyl sites for hydroxylation is 2. The number of hydrogen-bond donors (Lipinski definition) is 1. The van der Waals surface area contributed by atoms with Crippen LogP contribution in [0, 0.1) is 0 Å². The molecular formula is C16H21BrN2O. The van der Waals surface area contributed by atoms with Gasteiger partial charge in [-0.1, -0.05) is 41.1 Å². The maximum absolute atomic E-state index is 10.3. The van der Waals surface area contributed by atoms with Gasteiger partial charge in [-0.05, 0) is 37.5 Å². The van der Waals surface area contributed by atoms with Crippen LogP contribution in [0.5, 0.6) is 0 Å². The maximum atomic E-state index is 10.3. The lowest BCUT2D eigenvalue weighted by atomic mass is 10.0. The van der Waals surface area contributed by atoms with E-state index in [1.54, 1.807) is 0 Å². The summed E-state index contributed by atoms with van der Waals surface area (Å²) in [5.74, 6) is 0. The molecule has 3 nitrogen and oxygen atoms in total. The molecule has 0 saturated carbocycles. The van der Waals surface area contributed by atoms with Crippen molar-refractivity contribution in [2.45, 2.75) is 45.8 Å². The molecule has 0 radical (unpaired) electrons. The van der Waals surface area contributed by atoms with E-state index in [0.717, 1.165) is 34.4 Å². The number of aliphatic hydroxyl groups excluding tert-OH is 1. The molecule has 0 amide bonds. The fraction of sp³-hybridized carbons (Fsp3) is 0.438. The van der Waals surface area contributed by atoms with Crippen LogP contribution >= 0.6 is 15.9 Å². The molecule has 1 aromatic carbocycles. The zero-order chi connectivity index (χ0) is 14.5. The molecule has 108 valence electrons. The van der Waals surface area contributed by atoms with Crippen molar-refractivity contribution in [3.05, 3.63) is 51.8 Å². The monoisotopic (exact) mass is 336 g/mol. The van der Waals surface area contributed by atoms with Gasteiger partial charge in [0.25, 0.3) is 0 Å². The van der Waals surface area contributed by atoms with Crippen LogP contribution in [0.25, 0.3) is 0 Å². The molecule has 0 fully saturated rings. The van der Waals surface area contributed by atoms with E-state index in [9.17, 15) is 5.11 Å². The van der Waals surface area contributed by atoms with Gasteiger partial charge in [0.05, 0.1) is 11.8 Å². The number of halogens is 1. The molecule has 2 rings (SSSR count). The molecule has 4 heteroatoms. The number of nitrogens with zero attached hydrogens (tertiary/aromatic N) is 2. The first-order valence-corrected chi connectivity index (χ1v) is 7.90. The lowest BCUT2D eigenvalue weighted by Gasteiger charge is -2.12. The summed E-state index contributed by atoms with van der Waals surface area (Å²) in [4.78, 5) is 0. The van der Waals surface area contributed by atoms with Crippen LogP contribution in [0.2, 0.25) is 0 Å². The predicted molar refractivity (Wildman–Crippen MR) is 84.8 cm³/mol. The average Bonchev–Trinajstić information content (AvgIpc) is 2.83. The fourth-order valence-corrected chi connectivity index (χ4v) is 2.80. The van der Waals surface area contributed by atoms with Crippen molar-refractivity contribution in [2.75, 3.05) is 0 Å². The van der Waals surface area contributed by atoms with Crippen LogP contribution in [-0.4, -0.2) is 21.0 Å². The highest BCUT2D eigenvalue weighted by molar-refractivity contribution is 9.10. The maximum Gasteiger partial charge on any atom is 0.0636 e. The van der Waals surface area contributed by atoms with Crippen LogP contribution in [0.15, 0.2) is 34.8 Å². The zero-order valence-electron chi connectivity index (χ0n) is 12.0. The molecule has 0 spiro atoms. The molecule has 1 aromatic heterocycles. The summed E-state index contributed by atoms with van der Waals surface area (Å²) in [7, 11) is 0. The third-order valence-corrected chi connectivity index (χ3v) is 4.21. The van der Waals surface area contributed by atoms with Crippen molar-refractivity contribution >= 4 is 15.9 Å². The van der Waals surface area contributed by atoms with E-state index in [2.05, 4.69) is 40.9 Å². The molecule has 1 unspecified atom stereocenters. The minimum absolute atomic E-state index is 0.389. The first-order chi connectivity index (χ1) is 9.63. The van der Waals surface area contributed by atoms with Gasteiger partial charge in [-0.2, -0.15) is 5.10 Å². The molecule has 0 aliphatic heterocycles. The number of benzene rings is 1. The smallest absolute Gasteiger partial charge is 0.0636 e. The Kier molecular flexibility index (Phi) is 5.38. The van der Waals surface area contributed by atoms with Crippen LogP contribution in [0.3, 0.4) is 0 Å². The van der Waals surface area contributed by atoms with E-state index in [4.69, 9.17) is 0 Å². The summed E-state index contributed by atoms with van der Waals surface area (Å²) >= 11 is 3.52. The van der Waals surface area contributed by atoms with Gasteiger partial charge in [0, 0.05) is 23.1 Å². The van der Waals surface area contributed by atoms with Gasteiger partial charge in [0.2, 0.25) is 0 Å². The molecule has 0 saturated heterocycles. The van der Waals surface area contributed by atoms with Gasteiger partial charge in [-0.15, -0.1) is 0 Å². The van der Waals surface area contributed by atoms with Gasteiger partial charge in [0.1, 0.15) is 0 Å². The molecule has 0 bridgehead atoms. The van der Waals surface area contributed by atoms with Gasteiger partial charge in [0.15, 0.2) is 0 Å². The highest BCUT2D eigenvalue weighted by Gasteiger charge is 2.13. The van der Waals surface area contributed by atoms with E-state index in [1.807, 2.05) is 28.9 Å². The summed E-state index contributed by atoms with van der Waals surface area (Å²) in [6.45, 7) is 5.02. The summed E-state index contributed by atoms with van der Waals surface area (Å²) < 4.78 is 3.04. The zero-order valence-corrected chi connectivity index (χ0v) is 13.6. The van der Waals surface area contributed by atoms with Crippen molar-refractivity contribution in [1.82, 2.24) is 9.78 Å². The van der Waals surface area contributed by atoms with Crippen LogP contribution in [0.4, 0.5) is 0 Å². The summed E-state index contributed by atoms with van der Waals surface area (Å²) in [6, 6.07) is 10.1. The topological polar surface area (TPSA) is 38.0 Å². The van der Waals surface area contributed by atoms with E-state index in [0.29, 0.717) is 12.8 Å². The number of rotatable bonds is 6. The second-order valence-corrected chi connectivity index (χ2v) is 5.80. The number of aliphatic hydroxyl groups is 1. The van der Waals surface area contributed by atoms with Gasteiger partial charge in [-0.25, -0.2) is 0 Å². The summed E-state index contributed by atoms with van der Waals surface area (Å²) in [5.41, 5.74) is 3.34. The Balaban J connectivity index is 2.06. The third-order valence-electron chi connectivity index (χ3n) is 3.43. The largest absolute Gasteiger partial charge is 0.392 e. The molecule has 0 aliphatic carbocycles. The minimum Gasteiger partial charge on any atom is -0.392 e. The Morgan fingerprint density at radius 1 is 1.25 bits per heavy atom. The quantitative estimate of drug-likeness (QED) is 0.878. The van der Waals surface area contributed by atoms with Crippen molar-refractivity contribution in [2.24, 2.45) is 0 Å². The molecule has 1 N–H and O–H groups in total. The SMILES string of the molecule is CCc1cc(CC(O)Cc2ccccc2Br)n(CC)n1. The predicted octanol–water partition coefficient (Wildman–Crippen LogP) is 3.37. The summed E-state index contributed by atoms with van der Waals surface area (Å²) in [5, 5.41) is 14.8. The Morgan fingerprint density at radius 2 is 2.00 bits per heavy atom. The van der Waals surface area contributed by atoms with Gasteiger partial charge < -0.3 is 5.11 Å². The van der Waals surface area contributed by atoms with E-state index in [1.165, 1.54) is 0 Å². The summed E-state index contributed by atoms with van der Waals surface area (Å²) in [6.07, 6.45) is 1.83. The first kappa shape index (κ1) is 15.3. The lowest BCUT2D eigenvalue weighted by molar-refractivity contribution is 0.172. The Bertz CT molecular complexity index is 565. The van der Waals surface area contributed by atoms with Crippen LogP contribution in [-0.2, 0) is 25.8 Å². The lowest BCUT2D eigenvalue weighted by Crippen LogP contribution is -2.17. The third kappa shape index (κ3) is 3.70. The Morgan fingerprint density at radius 3 is 2.65 bits per heavy atom. The number of aromatic nitrogens is 2. The molecule has 1 atom stereocenters. The van der Waals surface area contributed by atoms with Crippen LogP contribution in [0.1, 0.15) is 30.8 Å². The standard InChI is InChI=1S/C16H21BrN2O/c1-3-13-10-14(19(4-2)18-13)11-15(20)9-12-7-5-6-8-16(12)17/h5-8,10,15,20H,3-4,9,11H2,1-2H3. The van der Waals surface area contributed by atoms with E-state index in [-0.39, 0.29) is 6.10 Å². The fourth-order valence-electron chi connectivity index (χ4n) is 2.36. The molecule has 0 aliphatic rings. The molecule has 1 heterocycles. The van der Waals surface area contributed by atoms with Gasteiger partial charge in [-0.3, -0.25) is 4.68 Å². The molecular weight excluding hydrogens is 316 g/mol. The average molecular weight is 337 g/mol. The molecule has 2 aromatic rings. The van der Waals surface area contributed by atoms with Crippen molar-refractivity contribution in [1.29, 1.82) is 0 Å². The van der Waals surface area contributed by atoms with Crippen molar-refractivity contribution in [3.8, 4) is 0 Å². The highest BCUT2D eigenvalue weighted by Crippen LogP contribution is 2.19. The highest BCUT2D eigenvalue weighted by atomic mass is 79.9. The normalized spacial score (nSPS) is 12.6. The minimum atomic E-state index is -0.389. The van der Waals surface area contributed by atoms with Gasteiger partial charge >= 0.3 is 0 Å². The van der Waals surface area contributed by atoms with E-state index >= 15 is 0 Å².